The fourth-order valence-corrected chi connectivity index (χ4v) is 5.53. The summed E-state index contributed by atoms with van der Waals surface area (Å²) in [6.45, 7) is 25.7. The van der Waals surface area contributed by atoms with Crippen LogP contribution in [0.15, 0.2) is 36.4 Å². The quantitative estimate of drug-likeness (QED) is 0.443. The predicted octanol–water partition coefficient (Wildman–Crippen LogP) is 8.14. The molecule has 2 aromatic carbocycles. The Morgan fingerprint density at radius 3 is 1.09 bits per heavy atom. The standard InChI is InChI=1S/C29H45O3P/c1-26(2,3)19-13-15-21(23(17-19)28(7,8)9)25(33(30,31)32)22-16-14-20(27(4,5)6)18-24(22)29(10,11)12/h13-18,25H,1-12H3,(H2,30,31,32). The summed E-state index contributed by atoms with van der Waals surface area (Å²) in [6, 6.07) is 12.3. The summed E-state index contributed by atoms with van der Waals surface area (Å²) in [5.41, 5.74) is 4.10. The Labute approximate surface area is 202 Å². The van der Waals surface area contributed by atoms with Crippen molar-refractivity contribution in [3.05, 3.63) is 69.8 Å². The van der Waals surface area contributed by atoms with Crippen molar-refractivity contribution in [1.29, 1.82) is 0 Å². The average molecular weight is 473 g/mol. The fraction of sp³-hybridized carbons (Fsp3) is 0.586. The van der Waals surface area contributed by atoms with E-state index in [4.69, 9.17) is 0 Å². The van der Waals surface area contributed by atoms with E-state index in [-0.39, 0.29) is 21.7 Å². The summed E-state index contributed by atoms with van der Waals surface area (Å²) >= 11 is 0. The highest BCUT2D eigenvalue weighted by Crippen LogP contribution is 2.59. The number of hydrogen-bond donors (Lipinski definition) is 2. The molecule has 0 spiro atoms. The fourth-order valence-electron chi connectivity index (χ4n) is 4.35. The normalized spacial score (nSPS) is 14.2. The smallest absolute Gasteiger partial charge is 0.324 e. The van der Waals surface area contributed by atoms with Crippen LogP contribution in [-0.4, -0.2) is 9.79 Å². The van der Waals surface area contributed by atoms with Crippen molar-refractivity contribution in [2.45, 2.75) is 110 Å². The molecule has 0 atom stereocenters. The first-order chi connectivity index (χ1) is 14.5. The van der Waals surface area contributed by atoms with Crippen LogP contribution in [0.25, 0.3) is 0 Å². The molecule has 33 heavy (non-hydrogen) atoms. The van der Waals surface area contributed by atoms with Crippen LogP contribution in [0.4, 0.5) is 0 Å². The van der Waals surface area contributed by atoms with Crippen LogP contribution in [0.3, 0.4) is 0 Å². The van der Waals surface area contributed by atoms with Gasteiger partial charge in [-0.05, 0) is 55.0 Å². The molecule has 0 unspecified atom stereocenters. The first kappa shape index (κ1) is 27.8. The van der Waals surface area contributed by atoms with Gasteiger partial charge in [-0.3, -0.25) is 4.57 Å². The monoisotopic (exact) mass is 472 g/mol. The van der Waals surface area contributed by atoms with Crippen molar-refractivity contribution in [3.63, 3.8) is 0 Å². The lowest BCUT2D eigenvalue weighted by atomic mass is 9.74. The third kappa shape index (κ3) is 6.38. The zero-order valence-electron chi connectivity index (χ0n) is 22.8. The van der Waals surface area contributed by atoms with E-state index in [0.717, 1.165) is 22.3 Å². The number of hydrogen-bond acceptors (Lipinski definition) is 1. The van der Waals surface area contributed by atoms with Gasteiger partial charge in [0.2, 0.25) is 0 Å². The average Bonchev–Trinajstić information content (AvgIpc) is 2.57. The van der Waals surface area contributed by atoms with Gasteiger partial charge in [-0.25, -0.2) is 0 Å². The van der Waals surface area contributed by atoms with E-state index in [1.807, 2.05) is 24.3 Å². The van der Waals surface area contributed by atoms with E-state index in [9.17, 15) is 14.4 Å². The van der Waals surface area contributed by atoms with E-state index in [2.05, 4.69) is 95.2 Å². The summed E-state index contributed by atoms with van der Waals surface area (Å²) in [7, 11) is -4.52. The molecule has 2 aromatic rings. The van der Waals surface area contributed by atoms with Gasteiger partial charge in [-0.1, -0.05) is 119 Å². The zero-order valence-corrected chi connectivity index (χ0v) is 23.7. The van der Waals surface area contributed by atoms with Gasteiger partial charge in [0.25, 0.3) is 0 Å². The molecule has 0 aliphatic heterocycles. The Morgan fingerprint density at radius 1 is 0.576 bits per heavy atom. The highest BCUT2D eigenvalue weighted by atomic mass is 31.2. The molecule has 4 heteroatoms. The van der Waals surface area contributed by atoms with Gasteiger partial charge < -0.3 is 9.79 Å². The van der Waals surface area contributed by atoms with Crippen molar-refractivity contribution in [2.24, 2.45) is 0 Å². The van der Waals surface area contributed by atoms with Crippen molar-refractivity contribution in [1.82, 2.24) is 0 Å². The molecule has 0 aliphatic carbocycles. The Balaban J connectivity index is 2.96. The van der Waals surface area contributed by atoms with E-state index < -0.39 is 13.3 Å². The Bertz CT molecular complexity index is 973. The van der Waals surface area contributed by atoms with Crippen molar-refractivity contribution < 1.29 is 14.4 Å². The van der Waals surface area contributed by atoms with Gasteiger partial charge in [0, 0.05) is 0 Å². The lowest BCUT2D eigenvalue weighted by Crippen LogP contribution is -2.23. The second-order valence-electron chi connectivity index (χ2n) is 13.6. The molecular weight excluding hydrogens is 427 g/mol. The third-order valence-electron chi connectivity index (χ3n) is 6.38. The molecule has 3 nitrogen and oxygen atoms in total. The molecule has 0 aromatic heterocycles. The summed E-state index contributed by atoms with van der Waals surface area (Å²) in [5, 5.41) is 0. The van der Waals surface area contributed by atoms with Crippen LogP contribution < -0.4 is 0 Å². The van der Waals surface area contributed by atoms with E-state index >= 15 is 0 Å². The van der Waals surface area contributed by atoms with E-state index in [1.165, 1.54) is 11.1 Å². The van der Waals surface area contributed by atoms with Crippen molar-refractivity contribution in [2.75, 3.05) is 0 Å². The minimum atomic E-state index is -4.52. The molecule has 2 N–H and O–H groups in total. The highest BCUT2D eigenvalue weighted by Gasteiger charge is 2.39. The first-order valence-electron chi connectivity index (χ1n) is 11.9. The number of benzene rings is 2. The van der Waals surface area contributed by atoms with Gasteiger partial charge in [0.15, 0.2) is 0 Å². The van der Waals surface area contributed by atoms with E-state index in [1.54, 1.807) is 0 Å². The molecule has 0 heterocycles. The summed E-state index contributed by atoms with van der Waals surface area (Å²) in [6.07, 6.45) is 0. The van der Waals surface area contributed by atoms with Crippen LogP contribution in [0, 0.1) is 0 Å². The SMILES string of the molecule is CC(C)(C)c1ccc(C(c2ccc(C(C)(C)C)cc2C(C)(C)C)P(=O)(O)O)c(C(C)(C)C)c1. The minimum Gasteiger partial charge on any atom is -0.324 e. The molecule has 2 rings (SSSR count). The molecule has 0 aliphatic rings. The van der Waals surface area contributed by atoms with Gasteiger partial charge in [0.1, 0.15) is 5.66 Å². The second-order valence-corrected chi connectivity index (χ2v) is 15.3. The molecule has 0 saturated carbocycles. The Morgan fingerprint density at radius 2 is 0.879 bits per heavy atom. The van der Waals surface area contributed by atoms with Crippen LogP contribution in [0.2, 0.25) is 0 Å². The van der Waals surface area contributed by atoms with Gasteiger partial charge >= 0.3 is 7.60 Å². The summed E-state index contributed by atoms with van der Waals surface area (Å²) in [4.78, 5) is 21.5. The second kappa shape index (κ2) is 8.67. The molecule has 184 valence electrons. The molecular formula is C29H45O3P. The molecule has 0 fully saturated rings. The van der Waals surface area contributed by atoms with Crippen LogP contribution in [0.1, 0.15) is 122 Å². The maximum Gasteiger partial charge on any atom is 0.337 e. The topological polar surface area (TPSA) is 57.5 Å². The third-order valence-corrected chi connectivity index (χ3v) is 7.61. The predicted molar refractivity (Wildman–Crippen MR) is 142 cm³/mol. The maximum absolute atomic E-state index is 13.1. The molecule has 0 bridgehead atoms. The molecule has 0 radical (unpaired) electrons. The lowest BCUT2D eigenvalue weighted by Gasteiger charge is -2.34. The van der Waals surface area contributed by atoms with Gasteiger partial charge in [-0.15, -0.1) is 0 Å². The Hall–Kier alpha value is -1.41. The zero-order chi connectivity index (χ0) is 25.8. The summed E-state index contributed by atoms with van der Waals surface area (Å²) < 4.78 is 13.1. The molecule has 0 saturated heterocycles. The van der Waals surface area contributed by atoms with Gasteiger partial charge in [0.05, 0.1) is 0 Å². The largest absolute Gasteiger partial charge is 0.337 e. The van der Waals surface area contributed by atoms with Crippen LogP contribution >= 0.6 is 7.60 Å². The van der Waals surface area contributed by atoms with Crippen LogP contribution in [-0.2, 0) is 26.2 Å². The molecule has 0 amide bonds. The first-order valence-corrected chi connectivity index (χ1v) is 13.6. The number of rotatable bonds is 3. The summed E-state index contributed by atoms with van der Waals surface area (Å²) in [5.74, 6) is 0. The lowest BCUT2D eigenvalue weighted by molar-refractivity contribution is 0.363. The van der Waals surface area contributed by atoms with E-state index in [0.29, 0.717) is 0 Å². The van der Waals surface area contributed by atoms with Crippen molar-refractivity contribution >= 4 is 7.60 Å². The van der Waals surface area contributed by atoms with Crippen molar-refractivity contribution in [3.8, 4) is 0 Å². The van der Waals surface area contributed by atoms with Gasteiger partial charge in [-0.2, -0.15) is 0 Å². The Kier molecular flexibility index (Phi) is 7.31. The van der Waals surface area contributed by atoms with Crippen LogP contribution in [0.5, 0.6) is 0 Å². The minimum absolute atomic E-state index is 0.0545. The highest BCUT2D eigenvalue weighted by molar-refractivity contribution is 7.52. The maximum atomic E-state index is 13.1.